The number of rotatable bonds is 13. The molecule has 1 fully saturated rings. The van der Waals surface area contributed by atoms with E-state index < -0.39 is 21.7 Å². The summed E-state index contributed by atoms with van der Waals surface area (Å²) in [5.74, 6) is 1.37. The van der Waals surface area contributed by atoms with Gasteiger partial charge in [0.2, 0.25) is 11.9 Å². The minimum absolute atomic E-state index is 0.0383. The molecule has 11 nitrogen and oxygen atoms in total. The van der Waals surface area contributed by atoms with Gasteiger partial charge < -0.3 is 28.6 Å². The maximum Gasteiger partial charge on any atom is 0.232 e. The van der Waals surface area contributed by atoms with E-state index in [9.17, 15) is 4.39 Å². The van der Waals surface area contributed by atoms with E-state index in [2.05, 4.69) is 35.6 Å². The second-order valence-electron chi connectivity index (χ2n) is 12.4. The van der Waals surface area contributed by atoms with Crippen LogP contribution in [0.25, 0.3) is 16.7 Å². The van der Waals surface area contributed by atoms with Crippen molar-refractivity contribution in [2.75, 3.05) is 74.3 Å². The minimum Gasteiger partial charge on any atom is -0.497 e. The second-order valence-corrected chi connectivity index (χ2v) is 17.0. The van der Waals surface area contributed by atoms with Crippen LogP contribution in [0, 0.1) is 11.6 Å². The number of hydrogen-bond donors (Lipinski definition) is 0. The summed E-state index contributed by atoms with van der Waals surface area (Å²) in [6, 6.07) is 10.5. The molecule has 4 heterocycles. The summed E-state index contributed by atoms with van der Waals surface area (Å²) in [6.07, 6.45) is 9.26. The van der Waals surface area contributed by atoms with Gasteiger partial charge >= 0.3 is 0 Å². The van der Waals surface area contributed by atoms with E-state index in [1.165, 1.54) is 0 Å². The predicted octanol–water partition coefficient (Wildman–Crippen LogP) is 5.03. The van der Waals surface area contributed by atoms with Crippen LogP contribution < -0.4 is 14.5 Å². The first-order valence-electron chi connectivity index (χ1n) is 15.7. The Bertz CT molecular complexity index is 1830. The van der Waals surface area contributed by atoms with Gasteiger partial charge in [0.25, 0.3) is 0 Å². The fourth-order valence-electron chi connectivity index (χ4n) is 5.49. The van der Waals surface area contributed by atoms with Crippen molar-refractivity contribution in [2.45, 2.75) is 33.2 Å². The molecule has 2 aromatic carbocycles. The van der Waals surface area contributed by atoms with Crippen LogP contribution in [-0.2, 0) is 35.7 Å². The first-order chi connectivity index (χ1) is 22.6. The number of benzene rings is 2. The number of imidazole rings is 1. The normalized spacial score (nSPS) is 14.3. The van der Waals surface area contributed by atoms with Crippen molar-refractivity contribution in [2.24, 2.45) is 0 Å². The van der Waals surface area contributed by atoms with Gasteiger partial charge in [-0.15, -0.1) is 0 Å². The van der Waals surface area contributed by atoms with Gasteiger partial charge in [-0.3, -0.25) is 0 Å². The topological polar surface area (TPSA) is 95.1 Å². The fraction of sp³-hybridized carbons (Fsp3) is 0.455. The van der Waals surface area contributed by atoms with E-state index in [4.69, 9.17) is 29.3 Å². The van der Waals surface area contributed by atoms with Crippen molar-refractivity contribution in [1.82, 2.24) is 29.1 Å². The van der Waals surface area contributed by atoms with E-state index >= 15 is 4.39 Å². The number of halogens is 2. The molecule has 1 saturated heterocycles. The van der Waals surface area contributed by atoms with Gasteiger partial charge in [-0.05, 0) is 55.0 Å². The van der Waals surface area contributed by atoms with Crippen LogP contribution >= 0.6 is 10.0 Å². The van der Waals surface area contributed by atoms with Crippen molar-refractivity contribution in [3.63, 3.8) is 0 Å². The summed E-state index contributed by atoms with van der Waals surface area (Å²) < 4.78 is 50.3. The third kappa shape index (κ3) is 7.29. The molecule has 1 aliphatic rings. The van der Waals surface area contributed by atoms with Crippen LogP contribution in [0.5, 0.6) is 5.75 Å². The highest BCUT2D eigenvalue weighted by Gasteiger charge is 2.25. The average molecular weight is 669 g/mol. The molecule has 6 rings (SSSR count). The van der Waals surface area contributed by atoms with Crippen molar-refractivity contribution >= 4 is 38.6 Å². The molecule has 47 heavy (non-hydrogen) atoms. The Morgan fingerprint density at radius 3 is 2.45 bits per heavy atom. The lowest BCUT2D eigenvalue weighted by atomic mass is 10.2. The monoisotopic (exact) mass is 668 g/mol. The number of morpholine rings is 1. The number of fused-ring (bicyclic) bond motifs is 2. The molecule has 0 saturated carbocycles. The third-order valence-electron chi connectivity index (χ3n) is 8.19. The zero-order valence-corrected chi connectivity index (χ0v) is 28.4. The minimum atomic E-state index is -0.984. The molecule has 0 N–H and O–H groups in total. The van der Waals surface area contributed by atoms with Crippen LogP contribution in [0.4, 0.5) is 20.7 Å². The first-order valence-corrected chi connectivity index (χ1v) is 18.7. The lowest BCUT2D eigenvalue weighted by molar-refractivity contribution is 0.0903. The first kappa shape index (κ1) is 32.9. The van der Waals surface area contributed by atoms with Crippen molar-refractivity contribution < 1.29 is 23.0 Å². The van der Waals surface area contributed by atoms with Gasteiger partial charge in [0.15, 0.2) is 17.3 Å². The molecule has 1 aliphatic heterocycles. The third-order valence-corrected chi connectivity index (χ3v) is 9.58. The van der Waals surface area contributed by atoms with Gasteiger partial charge in [0, 0.05) is 31.0 Å². The van der Waals surface area contributed by atoms with Crippen molar-refractivity contribution in [3.05, 3.63) is 71.2 Å². The smallest absolute Gasteiger partial charge is 0.232 e. The van der Waals surface area contributed by atoms with Gasteiger partial charge in [0.1, 0.15) is 23.8 Å². The quantitative estimate of drug-likeness (QED) is 0.160. The SMILES string of the molecule is CCc1cnn2c(N(Cc3ccc(OC)cc3)Cc3nc4c(F)c(F)ccc4n3COCCS(C)(C)C)nc(N3CCOCC3)nc12. The zero-order chi connectivity index (χ0) is 33.1. The number of hydrogen-bond acceptors (Lipinski definition) is 9. The van der Waals surface area contributed by atoms with Crippen LogP contribution in [-0.4, -0.2) is 93.7 Å². The number of aryl methyl sites for hydroxylation is 1. The maximum absolute atomic E-state index is 15.2. The zero-order valence-electron chi connectivity index (χ0n) is 27.6. The molecule has 5 aromatic rings. The Labute approximate surface area is 274 Å². The van der Waals surface area contributed by atoms with Gasteiger partial charge in [-0.1, -0.05) is 19.1 Å². The maximum atomic E-state index is 15.2. The summed E-state index contributed by atoms with van der Waals surface area (Å²) in [5.41, 5.74) is 3.11. The predicted molar refractivity (Wildman–Crippen MR) is 182 cm³/mol. The fourth-order valence-corrected chi connectivity index (χ4v) is 6.11. The molecule has 0 radical (unpaired) electrons. The van der Waals surface area contributed by atoms with E-state index in [0.717, 1.165) is 35.1 Å². The Hall–Kier alpha value is -4.01. The number of anilines is 2. The Morgan fingerprint density at radius 1 is 0.979 bits per heavy atom. The summed E-state index contributed by atoms with van der Waals surface area (Å²) in [5, 5.41) is 4.71. The number of ether oxygens (including phenoxy) is 3. The summed E-state index contributed by atoms with van der Waals surface area (Å²) in [7, 11) is 0.860. The molecule has 0 bridgehead atoms. The Morgan fingerprint density at radius 2 is 1.74 bits per heavy atom. The molecule has 252 valence electrons. The van der Waals surface area contributed by atoms with Crippen LogP contribution in [0.15, 0.2) is 42.6 Å². The van der Waals surface area contributed by atoms with Crippen LogP contribution in [0.2, 0.25) is 0 Å². The van der Waals surface area contributed by atoms with E-state index in [1.807, 2.05) is 39.9 Å². The van der Waals surface area contributed by atoms with Crippen LogP contribution in [0.3, 0.4) is 0 Å². The highest BCUT2D eigenvalue weighted by Crippen LogP contribution is 2.34. The average Bonchev–Trinajstić information content (AvgIpc) is 3.65. The standard InChI is InChI=1S/C33H42F2N8O3S/c1-6-24-19-36-43-31(24)38-32(40-13-15-45-16-14-40)39-33(43)41(20-23-7-9-25(44-2)10-8-23)21-28-37-30-27(12-11-26(34)29(30)35)42(28)22-46-17-18-47(3,4)5/h7-12,19H,6,13-18,20-22H2,1-5H3. The molecule has 0 amide bonds. The molecule has 0 aliphatic carbocycles. The Balaban J connectivity index is 1.46. The van der Waals surface area contributed by atoms with Gasteiger partial charge in [-0.2, -0.15) is 19.6 Å². The van der Waals surface area contributed by atoms with Crippen molar-refractivity contribution in [3.8, 4) is 5.75 Å². The van der Waals surface area contributed by atoms with E-state index in [0.29, 0.717) is 68.3 Å². The van der Waals surface area contributed by atoms with Gasteiger partial charge in [0.05, 0.1) is 45.2 Å². The summed E-state index contributed by atoms with van der Waals surface area (Å²) in [4.78, 5) is 18.8. The molecule has 14 heteroatoms. The second kappa shape index (κ2) is 14.0. The lowest BCUT2D eigenvalue weighted by Crippen LogP contribution is -2.38. The number of methoxy groups -OCH3 is 1. The van der Waals surface area contributed by atoms with Gasteiger partial charge in [-0.25, -0.2) is 23.8 Å². The Kier molecular flexibility index (Phi) is 9.80. The highest BCUT2D eigenvalue weighted by atomic mass is 32.3. The summed E-state index contributed by atoms with van der Waals surface area (Å²) in [6.45, 7) is 5.86. The lowest BCUT2D eigenvalue weighted by Gasteiger charge is -2.29. The molecule has 0 unspecified atom stereocenters. The van der Waals surface area contributed by atoms with Crippen LogP contribution in [0.1, 0.15) is 23.9 Å². The van der Waals surface area contributed by atoms with E-state index in [1.54, 1.807) is 17.7 Å². The summed E-state index contributed by atoms with van der Waals surface area (Å²) >= 11 is 0. The molecular formula is C33H42F2N8O3S. The molecule has 0 atom stereocenters. The molecular weight excluding hydrogens is 626 g/mol. The highest BCUT2D eigenvalue weighted by molar-refractivity contribution is 8.32. The van der Waals surface area contributed by atoms with Crippen molar-refractivity contribution in [1.29, 1.82) is 0 Å². The molecule has 3 aromatic heterocycles. The van der Waals surface area contributed by atoms with E-state index in [-0.39, 0.29) is 18.8 Å². The number of nitrogens with zero attached hydrogens (tertiary/aromatic N) is 8. The largest absolute Gasteiger partial charge is 0.497 e. The number of aromatic nitrogens is 6. The molecule has 0 spiro atoms.